The van der Waals surface area contributed by atoms with E-state index in [0.717, 1.165) is 11.1 Å². The van der Waals surface area contributed by atoms with Crippen LogP contribution in [0.4, 0.5) is 0 Å². The molecule has 3 aromatic carbocycles. The van der Waals surface area contributed by atoms with Gasteiger partial charge in [-0.15, -0.1) is 0 Å². The van der Waals surface area contributed by atoms with Gasteiger partial charge in [-0.1, -0.05) is 91.0 Å². The van der Waals surface area contributed by atoms with Gasteiger partial charge < -0.3 is 0 Å². The summed E-state index contributed by atoms with van der Waals surface area (Å²) < 4.78 is 0. The van der Waals surface area contributed by atoms with Crippen molar-refractivity contribution in [2.24, 2.45) is 0 Å². The molecule has 0 unspecified atom stereocenters. The summed E-state index contributed by atoms with van der Waals surface area (Å²) in [6, 6.07) is 26.0. The van der Waals surface area contributed by atoms with Gasteiger partial charge in [0.25, 0.3) is 0 Å². The second-order valence-corrected chi connectivity index (χ2v) is 5.80. The highest BCUT2D eigenvalue weighted by molar-refractivity contribution is 6.07. The standard InChI is InChI=1S/C24H18O2/c25-23(21-10-3-1-4-11-21)16-14-19-8-7-9-20(18-19)15-17-24(26)22-12-5-2-6-13-22/h1-18H/b16-14+,17-15+. The van der Waals surface area contributed by atoms with E-state index in [9.17, 15) is 9.59 Å². The van der Waals surface area contributed by atoms with Crippen LogP contribution in [0.5, 0.6) is 0 Å². The molecule has 0 spiro atoms. The molecule has 2 heteroatoms. The van der Waals surface area contributed by atoms with Crippen molar-refractivity contribution >= 4 is 23.7 Å². The Bertz CT molecular complexity index is 875. The Morgan fingerprint density at radius 3 is 1.38 bits per heavy atom. The third-order valence-corrected chi connectivity index (χ3v) is 3.88. The molecule has 2 nitrogen and oxygen atoms in total. The molecule has 0 atom stereocenters. The van der Waals surface area contributed by atoms with Gasteiger partial charge >= 0.3 is 0 Å². The highest BCUT2D eigenvalue weighted by atomic mass is 16.1. The summed E-state index contributed by atoms with van der Waals surface area (Å²) in [5, 5.41) is 0. The van der Waals surface area contributed by atoms with Crippen molar-refractivity contribution in [3.63, 3.8) is 0 Å². The summed E-state index contributed by atoms with van der Waals surface area (Å²) in [5.74, 6) is -0.0726. The Labute approximate surface area is 153 Å². The van der Waals surface area contributed by atoms with Crippen molar-refractivity contribution in [3.8, 4) is 0 Å². The van der Waals surface area contributed by atoms with E-state index in [0.29, 0.717) is 11.1 Å². The van der Waals surface area contributed by atoms with Crippen LogP contribution in [-0.4, -0.2) is 11.6 Å². The van der Waals surface area contributed by atoms with Gasteiger partial charge in [0.15, 0.2) is 11.6 Å². The van der Waals surface area contributed by atoms with Gasteiger partial charge in [0.1, 0.15) is 0 Å². The highest BCUT2D eigenvalue weighted by Crippen LogP contribution is 2.11. The lowest BCUT2D eigenvalue weighted by Gasteiger charge is -1.98. The molecule has 0 radical (unpaired) electrons. The molecular weight excluding hydrogens is 320 g/mol. The third kappa shape index (κ3) is 4.74. The SMILES string of the molecule is O=C(/C=C/c1cccc(/C=C/C(=O)c2ccccc2)c1)c1ccccc1. The largest absolute Gasteiger partial charge is 0.289 e. The van der Waals surface area contributed by atoms with E-state index in [1.54, 1.807) is 48.6 Å². The first-order chi connectivity index (χ1) is 12.7. The molecule has 0 aromatic heterocycles. The van der Waals surface area contributed by atoms with E-state index in [-0.39, 0.29) is 11.6 Å². The number of allylic oxidation sites excluding steroid dienone is 2. The molecular formula is C24H18O2. The van der Waals surface area contributed by atoms with Crippen molar-refractivity contribution in [2.45, 2.75) is 0 Å². The predicted octanol–water partition coefficient (Wildman–Crippen LogP) is 5.48. The zero-order valence-electron chi connectivity index (χ0n) is 14.2. The molecule has 3 aromatic rings. The first-order valence-electron chi connectivity index (χ1n) is 8.37. The number of ketones is 2. The van der Waals surface area contributed by atoms with Crippen LogP contribution in [0.25, 0.3) is 12.2 Å². The normalized spacial score (nSPS) is 11.1. The van der Waals surface area contributed by atoms with Gasteiger partial charge in [0, 0.05) is 11.1 Å². The van der Waals surface area contributed by atoms with Gasteiger partial charge in [0.05, 0.1) is 0 Å². The number of benzene rings is 3. The minimum Gasteiger partial charge on any atom is -0.289 e. The zero-order chi connectivity index (χ0) is 18.2. The van der Waals surface area contributed by atoms with Crippen molar-refractivity contribution in [1.29, 1.82) is 0 Å². The van der Waals surface area contributed by atoms with E-state index >= 15 is 0 Å². The fraction of sp³-hybridized carbons (Fsp3) is 0. The number of carbonyl (C=O) groups excluding carboxylic acids is 2. The monoisotopic (exact) mass is 338 g/mol. The smallest absolute Gasteiger partial charge is 0.185 e. The molecule has 3 rings (SSSR count). The number of carbonyl (C=O) groups is 2. The summed E-state index contributed by atoms with van der Waals surface area (Å²) in [7, 11) is 0. The topological polar surface area (TPSA) is 34.1 Å². The zero-order valence-corrected chi connectivity index (χ0v) is 14.2. The first kappa shape index (κ1) is 17.3. The molecule has 0 aliphatic rings. The second kappa shape index (κ2) is 8.54. The van der Waals surface area contributed by atoms with Crippen LogP contribution in [0.15, 0.2) is 97.1 Å². The molecule has 0 aliphatic carbocycles. The summed E-state index contributed by atoms with van der Waals surface area (Å²) >= 11 is 0. The maximum Gasteiger partial charge on any atom is 0.185 e. The quantitative estimate of drug-likeness (QED) is 0.440. The second-order valence-electron chi connectivity index (χ2n) is 5.80. The molecule has 0 N–H and O–H groups in total. The minimum absolute atomic E-state index is 0.0363. The molecule has 0 aliphatic heterocycles. The Morgan fingerprint density at radius 2 is 0.962 bits per heavy atom. The molecule has 0 saturated carbocycles. The first-order valence-corrected chi connectivity index (χ1v) is 8.37. The van der Waals surface area contributed by atoms with Gasteiger partial charge in [-0.2, -0.15) is 0 Å². The van der Waals surface area contributed by atoms with E-state index in [2.05, 4.69) is 0 Å². The Kier molecular flexibility index (Phi) is 5.69. The minimum atomic E-state index is -0.0363. The Morgan fingerprint density at radius 1 is 0.538 bits per heavy atom. The summed E-state index contributed by atoms with van der Waals surface area (Å²) in [6.45, 7) is 0. The van der Waals surface area contributed by atoms with Crippen molar-refractivity contribution in [1.82, 2.24) is 0 Å². The van der Waals surface area contributed by atoms with Crippen LogP contribution in [0, 0.1) is 0 Å². The summed E-state index contributed by atoms with van der Waals surface area (Å²) in [5.41, 5.74) is 3.13. The van der Waals surface area contributed by atoms with Crippen molar-refractivity contribution in [3.05, 3.63) is 119 Å². The van der Waals surface area contributed by atoms with Gasteiger partial charge in [-0.25, -0.2) is 0 Å². The lowest BCUT2D eigenvalue weighted by molar-refractivity contribution is 0.103. The maximum atomic E-state index is 12.1. The maximum absolute atomic E-state index is 12.1. The van der Waals surface area contributed by atoms with E-state index in [1.165, 1.54) is 0 Å². The van der Waals surface area contributed by atoms with E-state index in [4.69, 9.17) is 0 Å². The van der Waals surface area contributed by atoms with Gasteiger partial charge in [-0.05, 0) is 29.3 Å². The molecule has 0 saturated heterocycles. The van der Waals surface area contributed by atoms with Crippen LogP contribution >= 0.6 is 0 Å². The van der Waals surface area contributed by atoms with Crippen LogP contribution in [0.1, 0.15) is 31.8 Å². The lowest BCUT2D eigenvalue weighted by atomic mass is 10.1. The lowest BCUT2D eigenvalue weighted by Crippen LogP contribution is -1.93. The van der Waals surface area contributed by atoms with E-state index < -0.39 is 0 Å². The van der Waals surface area contributed by atoms with Crippen molar-refractivity contribution in [2.75, 3.05) is 0 Å². The molecule has 126 valence electrons. The Hall–Kier alpha value is -3.52. The Balaban J connectivity index is 1.70. The number of hydrogen-bond donors (Lipinski definition) is 0. The average molecular weight is 338 g/mol. The predicted molar refractivity (Wildman–Crippen MR) is 106 cm³/mol. The molecule has 0 fully saturated rings. The van der Waals surface area contributed by atoms with Gasteiger partial charge in [0.2, 0.25) is 0 Å². The van der Waals surface area contributed by atoms with Crippen LogP contribution in [0.2, 0.25) is 0 Å². The molecule has 26 heavy (non-hydrogen) atoms. The van der Waals surface area contributed by atoms with Gasteiger partial charge in [-0.3, -0.25) is 9.59 Å². The van der Waals surface area contributed by atoms with E-state index in [1.807, 2.05) is 60.7 Å². The average Bonchev–Trinajstić information content (AvgIpc) is 2.72. The summed E-state index contributed by atoms with van der Waals surface area (Å²) in [6.07, 6.45) is 6.69. The van der Waals surface area contributed by atoms with Crippen molar-refractivity contribution < 1.29 is 9.59 Å². The molecule has 0 heterocycles. The molecule has 0 bridgehead atoms. The van der Waals surface area contributed by atoms with Crippen LogP contribution in [-0.2, 0) is 0 Å². The third-order valence-electron chi connectivity index (χ3n) is 3.88. The highest BCUT2D eigenvalue weighted by Gasteiger charge is 2.01. The fourth-order valence-electron chi connectivity index (χ4n) is 2.51. The molecule has 0 amide bonds. The summed E-state index contributed by atoms with van der Waals surface area (Å²) in [4.78, 5) is 24.3. The van der Waals surface area contributed by atoms with Crippen LogP contribution in [0.3, 0.4) is 0 Å². The number of rotatable bonds is 6. The van der Waals surface area contributed by atoms with Crippen LogP contribution < -0.4 is 0 Å². The number of hydrogen-bond acceptors (Lipinski definition) is 2. The fourth-order valence-corrected chi connectivity index (χ4v) is 2.51.